The Bertz CT molecular complexity index is 177. The summed E-state index contributed by atoms with van der Waals surface area (Å²) in [5.41, 5.74) is 0.0454. The summed E-state index contributed by atoms with van der Waals surface area (Å²) in [4.78, 5) is 7.03. The number of nitrogens with zero attached hydrogens (tertiary/aromatic N) is 2. The van der Waals surface area contributed by atoms with Crippen LogP contribution in [0.15, 0.2) is 4.99 Å². The van der Waals surface area contributed by atoms with Gasteiger partial charge in [-0.2, -0.15) is 0 Å². The van der Waals surface area contributed by atoms with Crippen LogP contribution in [0.5, 0.6) is 0 Å². The maximum absolute atomic E-state index is 4.68. The molecule has 0 rings (SSSR count). The van der Waals surface area contributed by atoms with Crippen molar-refractivity contribution in [1.82, 2.24) is 4.90 Å². The van der Waals surface area contributed by atoms with E-state index < -0.39 is 0 Å². The smallest absolute Gasteiger partial charge is 0.0963 e. The van der Waals surface area contributed by atoms with Gasteiger partial charge in [0.25, 0.3) is 0 Å². The Kier molecular flexibility index (Phi) is 5.82. The van der Waals surface area contributed by atoms with Gasteiger partial charge in [-0.3, -0.25) is 4.99 Å². The monoisotopic (exact) mass is 198 g/mol. The van der Waals surface area contributed by atoms with Crippen LogP contribution in [0, 0.1) is 0 Å². The molecule has 2 heteroatoms. The Labute approximate surface area is 89.4 Å². The summed E-state index contributed by atoms with van der Waals surface area (Å²) in [6, 6.07) is 0. The molecule has 0 aromatic heterocycles. The van der Waals surface area contributed by atoms with E-state index in [1.54, 1.807) is 0 Å². The summed E-state index contributed by atoms with van der Waals surface area (Å²) in [7, 11) is 0. The number of hydrogen-bond donors (Lipinski definition) is 0. The Morgan fingerprint density at radius 2 is 1.79 bits per heavy atom. The van der Waals surface area contributed by atoms with E-state index in [0.29, 0.717) is 0 Å². The summed E-state index contributed by atoms with van der Waals surface area (Å²) in [6.07, 6.45) is 2.50. The summed E-state index contributed by atoms with van der Waals surface area (Å²) < 4.78 is 0. The van der Waals surface area contributed by atoms with E-state index in [9.17, 15) is 0 Å². The molecule has 0 aromatic rings. The van der Waals surface area contributed by atoms with Gasteiger partial charge in [-0.05, 0) is 41.0 Å². The van der Waals surface area contributed by atoms with Gasteiger partial charge < -0.3 is 4.90 Å². The molecule has 0 N–H and O–H groups in total. The number of unbranched alkanes of at least 4 members (excludes halogenated alkanes) is 1. The van der Waals surface area contributed by atoms with Gasteiger partial charge in [-0.15, -0.1) is 0 Å². The first kappa shape index (κ1) is 13.5. The molecular weight excluding hydrogens is 172 g/mol. The molecule has 0 aliphatic heterocycles. The van der Waals surface area contributed by atoms with E-state index in [4.69, 9.17) is 0 Å². The molecule has 84 valence electrons. The van der Waals surface area contributed by atoms with Crippen molar-refractivity contribution in [2.75, 3.05) is 13.1 Å². The van der Waals surface area contributed by atoms with Gasteiger partial charge in [0, 0.05) is 13.1 Å². The minimum Gasteiger partial charge on any atom is -0.361 e. The number of hydrogen-bond acceptors (Lipinski definition) is 1. The number of rotatable bonds is 4. The molecule has 0 aliphatic rings. The van der Waals surface area contributed by atoms with Crippen LogP contribution in [0.1, 0.15) is 54.4 Å². The van der Waals surface area contributed by atoms with Crippen LogP contribution in [0.25, 0.3) is 0 Å². The third kappa shape index (κ3) is 6.01. The zero-order chi connectivity index (χ0) is 11.2. The van der Waals surface area contributed by atoms with Crippen molar-refractivity contribution < 1.29 is 0 Å². The Morgan fingerprint density at radius 1 is 1.21 bits per heavy atom. The molecule has 14 heavy (non-hydrogen) atoms. The second kappa shape index (κ2) is 6.05. The fourth-order valence-electron chi connectivity index (χ4n) is 1.45. The van der Waals surface area contributed by atoms with Crippen LogP contribution >= 0.6 is 0 Å². The summed E-state index contributed by atoms with van der Waals surface area (Å²) >= 11 is 0. The van der Waals surface area contributed by atoms with Gasteiger partial charge in [-0.1, -0.05) is 13.3 Å². The topological polar surface area (TPSA) is 15.6 Å². The maximum Gasteiger partial charge on any atom is 0.0963 e. The van der Waals surface area contributed by atoms with Crippen LogP contribution < -0.4 is 0 Å². The van der Waals surface area contributed by atoms with E-state index in [2.05, 4.69) is 51.4 Å². The molecule has 0 aromatic carbocycles. The van der Waals surface area contributed by atoms with Crippen molar-refractivity contribution in [3.05, 3.63) is 0 Å². The molecule has 0 saturated heterocycles. The second-order valence-corrected chi connectivity index (χ2v) is 4.76. The van der Waals surface area contributed by atoms with E-state index in [1.165, 1.54) is 18.7 Å². The highest BCUT2D eigenvalue weighted by atomic mass is 15.2. The number of amidine groups is 1. The van der Waals surface area contributed by atoms with Crippen molar-refractivity contribution in [1.29, 1.82) is 0 Å². The summed E-state index contributed by atoms with van der Waals surface area (Å²) in [6.45, 7) is 15.2. The van der Waals surface area contributed by atoms with Crippen LogP contribution in [0.2, 0.25) is 0 Å². The first-order chi connectivity index (χ1) is 6.40. The van der Waals surface area contributed by atoms with Gasteiger partial charge in [0.05, 0.1) is 11.4 Å². The third-order valence-electron chi connectivity index (χ3n) is 2.12. The Hall–Kier alpha value is -0.530. The molecule has 0 saturated carbocycles. The minimum absolute atomic E-state index is 0.0454. The Morgan fingerprint density at radius 3 is 2.14 bits per heavy atom. The van der Waals surface area contributed by atoms with E-state index in [-0.39, 0.29) is 5.54 Å². The molecule has 0 bridgehead atoms. The zero-order valence-electron chi connectivity index (χ0n) is 10.7. The molecule has 0 atom stereocenters. The van der Waals surface area contributed by atoms with Gasteiger partial charge >= 0.3 is 0 Å². The lowest BCUT2D eigenvalue weighted by molar-refractivity contribution is 0.416. The van der Waals surface area contributed by atoms with Crippen LogP contribution in [-0.4, -0.2) is 29.4 Å². The predicted molar refractivity (Wildman–Crippen MR) is 65.0 cm³/mol. The van der Waals surface area contributed by atoms with Crippen LogP contribution in [0.4, 0.5) is 0 Å². The third-order valence-corrected chi connectivity index (χ3v) is 2.12. The fraction of sp³-hybridized carbons (Fsp3) is 0.917. The van der Waals surface area contributed by atoms with Crippen molar-refractivity contribution in [2.24, 2.45) is 4.99 Å². The fourth-order valence-corrected chi connectivity index (χ4v) is 1.45. The zero-order valence-corrected chi connectivity index (χ0v) is 10.7. The molecule has 0 spiro atoms. The quantitative estimate of drug-likeness (QED) is 0.500. The van der Waals surface area contributed by atoms with Crippen molar-refractivity contribution in [3.8, 4) is 0 Å². The SMILES string of the molecule is CCCCN(CC)/C(C)=N/C(C)(C)C. The minimum atomic E-state index is 0.0454. The molecule has 0 amide bonds. The van der Waals surface area contributed by atoms with Crippen molar-refractivity contribution in [3.63, 3.8) is 0 Å². The highest BCUT2D eigenvalue weighted by Gasteiger charge is 2.10. The first-order valence-electron chi connectivity index (χ1n) is 5.72. The second-order valence-electron chi connectivity index (χ2n) is 4.76. The van der Waals surface area contributed by atoms with Crippen LogP contribution in [0.3, 0.4) is 0 Å². The standard InChI is InChI=1S/C12H26N2/c1-7-9-10-14(8-2)11(3)13-12(4,5)6/h7-10H2,1-6H3/b13-11+. The van der Waals surface area contributed by atoms with E-state index in [1.807, 2.05) is 0 Å². The highest BCUT2D eigenvalue weighted by molar-refractivity contribution is 5.80. The van der Waals surface area contributed by atoms with Crippen molar-refractivity contribution >= 4 is 5.84 Å². The van der Waals surface area contributed by atoms with E-state index >= 15 is 0 Å². The molecule has 0 aliphatic carbocycles. The van der Waals surface area contributed by atoms with Gasteiger partial charge in [0.1, 0.15) is 0 Å². The summed E-state index contributed by atoms with van der Waals surface area (Å²) in [5, 5.41) is 0. The average molecular weight is 198 g/mol. The Balaban J connectivity index is 4.30. The largest absolute Gasteiger partial charge is 0.361 e. The first-order valence-corrected chi connectivity index (χ1v) is 5.72. The molecule has 0 heterocycles. The van der Waals surface area contributed by atoms with Gasteiger partial charge in [0.15, 0.2) is 0 Å². The summed E-state index contributed by atoms with van der Waals surface area (Å²) in [5.74, 6) is 1.17. The average Bonchev–Trinajstić information content (AvgIpc) is 2.02. The van der Waals surface area contributed by atoms with Gasteiger partial charge in [0.2, 0.25) is 0 Å². The number of aliphatic imine (C=N–C) groups is 1. The normalized spacial score (nSPS) is 13.1. The highest BCUT2D eigenvalue weighted by Crippen LogP contribution is 2.08. The molecule has 0 unspecified atom stereocenters. The maximum atomic E-state index is 4.68. The lowest BCUT2D eigenvalue weighted by Gasteiger charge is -2.25. The lowest BCUT2D eigenvalue weighted by atomic mass is 10.1. The molecule has 0 fully saturated rings. The van der Waals surface area contributed by atoms with Crippen LogP contribution in [-0.2, 0) is 0 Å². The van der Waals surface area contributed by atoms with E-state index in [0.717, 1.165) is 13.1 Å². The predicted octanol–water partition coefficient (Wildman–Crippen LogP) is 3.33. The molecule has 0 radical (unpaired) electrons. The van der Waals surface area contributed by atoms with Gasteiger partial charge in [-0.25, -0.2) is 0 Å². The molecule has 2 nitrogen and oxygen atoms in total. The lowest BCUT2D eigenvalue weighted by Crippen LogP contribution is -2.31. The van der Waals surface area contributed by atoms with Crippen molar-refractivity contribution in [2.45, 2.75) is 59.9 Å². The molecular formula is C12H26N2.